The lowest BCUT2D eigenvalue weighted by Crippen LogP contribution is -2.42. The van der Waals surface area contributed by atoms with Crippen LogP contribution in [0.2, 0.25) is 0 Å². The summed E-state index contributed by atoms with van der Waals surface area (Å²) in [5.41, 5.74) is 6.77. The first-order chi connectivity index (χ1) is 17.1. The molecule has 2 aromatic carbocycles. The van der Waals surface area contributed by atoms with E-state index in [-0.39, 0.29) is 24.2 Å². The lowest BCUT2D eigenvalue weighted by atomic mass is 9.88. The first-order valence-electron chi connectivity index (χ1n) is 12.9. The second-order valence-electron chi connectivity index (χ2n) is 10.6. The molecule has 1 aliphatic heterocycles. The topological polar surface area (TPSA) is 89.0 Å². The second-order valence-corrected chi connectivity index (χ2v) is 12.2. The van der Waals surface area contributed by atoms with Gasteiger partial charge in [-0.1, -0.05) is 49.6 Å². The van der Waals surface area contributed by atoms with Gasteiger partial charge in [0.15, 0.2) is 0 Å². The third-order valence-electron chi connectivity index (χ3n) is 7.30. The minimum Gasteiger partial charge on any atom is -0.487 e. The Labute approximate surface area is 215 Å². The third kappa shape index (κ3) is 6.03. The van der Waals surface area contributed by atoms with Crippen molar-refractivity contribution in [2.75, 3.05) is 0 Å². The van der Waals surface area contributed by atoms with Crippen molar-refractivity contribution in [1.29, 1.82) is 0 Å². The van der Waals surface area contributed by atoms with E-state index in [1.54, 1.807) is 0 Å². The van der Waals surface area contributed by atoms with E-state index < -0.39 is 10.0 Å². The molecular formula is C28H39N3O4S. The fourth-order valence-corrected chi connectivity index (χ4v) is 6.69. The number of nitrogens with one attached hydrogen (secondary N) is 2. The second kappa shape index (κ2) is 10.8. The Kier molecular flexibility index (Phi) is 7.95. The molecule has 8 heteroatoms. The van der Waals surface area contributed by atoms with Crippen LogP contribution in [0, 0.1) is 20.8 Å². The molecule has 1 saturated carbocycles. The summed E-state index contributed by atoms with van der Waals surface area (Å²) in [6, 6.07) is 9.79. The van der Waals surface area contributed by atoms with Gasteiger partial charge >= 0.3 is 0 Å². The number of hydrogen-bond donors (Lipinski definition) is 2. The Bertz CT molecular complexity index is 1220. The van der Waals surface area contributed by atoms with Gasteiger partial charge in [-0.3, -0.25) is 4.84 Å². The zero-order valence-corrected chi connectivity index (χ0v) is 22.9. The molecule has 36 heavy (non-hydrogen) atoms. The lowest BCUT2D eigenvalue weighted by molar-refractivity contribution is 0.0692. The van der Waals surface area contributed by atoms with Crippen molar-refractivity contribution in [3.8, 4) is 5.75 Å². The summed E-state index contributed by atoms with van der Waals surface area (Å²) >= 11 is 0. The van der Waals surface area contributed by atoms with Crippen molar-refractivity contribution in [3.05, 3.63) is 58.1 Å². The largest absolute Gasteiger partial charge is 0.487 e. The van der Waals surface area contributed by atoms with Crippen LogP contribution in [0.3, 0.4) is 0 Å². The summed E-state index contributed by atoms with van der Waals surface area (Å²) in [5.74, 6) is 0.949. The van der Waals surface area contributed by atoms with Gasteiger partial charge in [-0.15, -0.1) is 0 Å². The van der Waals surface area contributed by atoms with Crippen LogP contribution in [-0.4, -0.2) is 26.0 Å². The van der Waals surface area contributed by atoms with Gasteiger partial charge in [0.1, 0.15) is 11.4 Å². The van der Waals surface area contributed by atoms with E-state index in [0.717, 1.165) is 66.5 Å². The van der Waals surface area contributed by atoms with Gasteiger partial charge in [-0.25, -0.2) is 23.6 Å². The molecule has 0 unspecified atom stereocenters. The molecule has 2 aromatic rings. The van der Waals surface area contributed by atoms with Crippen molar-refractivity contribution >= 4 is 16.0 Å². The smallest absolute Gasteiger partial charge is 0.264 e. The SMILES string of the molecule is Cc1c(C)c(S(=O)(=O)NC(=NC2CCCCC2)NOCc2ccccc2)c(C)c2c1OC(C)(C)CC2. The van der Waals surface area contributed by atoms with E-state index in [4.69, 9.17) is 14.6 Å². The summed E-state index contributed by atoms with van der Waals surface area (Å²) in [6.07, 6.45) is 6.87. The number of nitrogens with zero attached hydrogens (tertiary/aromatic N) is 1. The van der Waals surface area contributed by atoms with E-state index >= 15 is 0 Å². The van der Waals surface area contributed by atoms with Gasteiger partial charge in [0, 0.05) is 0 Å². The molecule has 0 spiro atoms. The number of benzene rings is 2. The van der Waals surface area contributed by atoms with Gasteiger partial charge in [-0.05, 0) is 88.1 Å². The monoisotopic (exact) mass is 513 g/mol. The number of ether oxygens (including phenoxy) is 1. The Morgan fingerprint density at radius 3 is 2.44 bits per heavy atom. The predicted octanol–water partition coefficient (Wildman–Crippen LogP) is 5.40. The number of fused-ring (bicyclic) bond motifs is 1. The molecule has 7 nitrogen and oxygen atoms in total. The summed E-state index contributed by atoms with van der Waals surface area (Å²) in [6.45, 7) is 10.1. The number of guanidine groups is 1. The van der Waals surface area contributed by atoms with Crippen molar-refractivity contribution < 1.29 is 18.0 Å². The fourth-order valence-electron chi connectivity index (χ4n) is 5.16. The van der Waals surface area contributed by atoms with Gasteiger partial charge in [-0.2, -0.15) is 0 Å². The van der Waals surface area contributed by atoms with E-state index in [9.17, 15) is 8.42 Å². The molecule has 1 aliphatic carbocycles. The van der Waals surface area contributed by atoms with Crippen LogP contribution in [0.1, 0.15) is 80.2 Å². The molecule has 0 bridgehead atoms. The van der Waals surface area contributed by atoms with Crippen LogP contribution in [0.15, 0.2) is 40.2 Å². The molecule has 0 radical (unpaired) electrons. The quantitative estimate of drug-likeness (QED) is 0.307. The van der Waals surface area contributed by atoms with Crippen LogP contribution in [0.25, 0.3) is 0 Å². The molecule has 4 rings (SSSR count). The third-order valence-corrected chi connectivity index (χ3v) is 8.91. The minimum absolute atomic E-state index is 0.0624. The normalized spacial score (nSPS) is 18.3. The van der Waals surface area contributed by atoms with Crippen molar-refractivity contribution in [2.24, 2.45) is 4.99 Å². The van der Waals surface area contributed by atoms with E-state index in [0.29, 0.717) is 10.5 Å². The lowest BCUT2D eigenvalue weighted by Gasteiger charge is -2.35. The average Bonchev–Trinajstić information content (AvgIpc) is 2.83. The van der Waals surface area contributed by atoms with Gasteiger partial charge < -0.3 is 4.74 Å². The maximum Gasteiger partial charge on any atom is 0.264 e. The van der Waals surface area contributed by atoms with Crippen LogP contribution in [0.4, 0.5) is 0 Å². The first-order valence-corrected chi connectivity index (χ1v) is 14.4. The van der Waals surface area contributed by atoms with Crippen LogP contribution in [0.5, 0.6) is 5.75 Å². The summed E-state index contributed by atoms with van der Waals surface area (Å²) in [4.78, 5) is 10.7. The molecule has 2 aliphatic rings. The highest BCUT2D eigenvalue weighted by Gasteiger charge is 2.34. The Morgan fingerprint density at radius 2 is 1.75 bits per heavy atom. The van der Waals surface area contributed by atoms with Gasteiger partial charge in [0.25, 0.3) is 10.0 Å². The number of hydrogen-bond acceptors (Lipinski definition) is 5. The summed E-state index contributed by atoms with van der Waals surface area (Å²) in [5, 5.41) is 0. The number of sulfonamides is 1. The highest BCUT2D eigenvalue weighted by atomic mass is 32.2. The molecule has 1 heterocycles. The molecule has 0 aromatic heterocycles. The highest BCUT2D eigenvalue weighted by Crippen LogP contribution is 2.42. The van der Waals surface area contributed by atoms with Crippen molar-refractivity contribution in [1.82, 2.24) is 10.2 Å². The van der Waals surface area contributed by atoms with Gasteiger partial charge in [0.05, 0.1) is 17.5 Å². The van der Waals surface area contributed by atoms with E-state index in [1.165, 1.54) is 6.42 Å². The number of aliphatic imine (C=N–C) groups is 1. The zero-order valence-electron chi connectivity index (χ0n) is 22.1. The van der Waals surface area contributed by atoms with Crippen molar-refractivity contribution in [3.63, 3.8) is 0 Å². The van der Waals surface area contributed by atoms with E-state index in [2.05, 4.69) is 24.0 Å². The maximum absolute atomic E-state index is 13.8. The summed E-state index contributed by atoms with van der Waals surface area (Å²) in [7, 11) is -3.93. The van der Waals surface area contributed by atoms with Crippen molar-refractivity contribution in [2.45, 2.75) is 103 Å². The van der Waals surface area contributed by atoms with Gasteiger partial charge in [0.2, 0.25) is 5.96 Å². The zero-order chi connectivity index (χ0) is 25.9. The number of rotatable bonds is 6. The molecule has 0 atom stereocenters. The molecule has 196 valence electrons. The number of hydroxylamine groups is 1. The highest BCUT2D eigenvalue weighted by molar-refractivity contribution is 7.90. The first kappa shape index (κ1) is 26.5. The maximum atomic E-state index is 13.8. The molecule has 0 saturated heterocycles. The predicted molar refractivity (Wildman–Crippen MR) is 143 cm³/mol. The standard InChI is InChI=1S/C28H39N3O4S/c1-19-20(2)26(21(3)24-16-17-28(4,5)35-25(19)24)36(32,33)31-27(29-23-14-10-7-11-15-23)30-34-18-22-12-8-6-9-13-22/h6,8-9,12-13,23H,7,10-11,14-18H2,1-5H3,(H2,29,30,31). The minimum atomic E-state index is -3.93. The van der Waals surface area contributed by atoms with E-state index in [1.807, 2.05) is 51.1 Å². The summed E-state index contributed by atoms with van der Waals surface area (Å²) < 4.78 is 36.6. The average molecular weight is 514 g/mol. The molecular weight excluding hydrogens is 474 g/mol. The molecule has 2 N–H and O–H groups in total. The fraction of sp³-hybridized carbons (Fsp3) is 0.536. The Balaban J connectivity index is 1.62. The Hall–Kier alpha value is -2.58. The van der Waals surface area contributed by atoms with Crippen LogP contribution < -0.4 is 14.9 Å². The van der Waals surface area contributed by atoms with Crippen LogP contribution in [-0.2, 0) is 27.9 Å². The molecule has 0 amide bonds. The molecule has 1 fully saturated rings. The van der Waals surface area contributed by atoms with Crippen LogP contribution >= 0.6 is 0 Å². The Morgan fingerprint density at radius 1 is 1.06 bits per heavy atom.